The number of amides is 1. The number of hydrogen-bond acceptors (Lipinski definition) is 10. The van der Waals surface area contributed by atoms with Crippen LogP contribution in [0.3, 0.4) is 0 Å². The van der Waals surface area contributed by atoms with Crippen LogP contribution in [0.5, 0.6) is 0 Å². The summed E-state index contributed by atoms with van der Waals surface area (Å²) in [6.45, 7) is 4.85. The molecular formula is C47H53N9O6. The number of aryl methyl sites for hydroxylation is 1. The Bertz CT molecular complexity index is 2870. The van der Waals surface area contributed by atoms with Gasteiger partial charge in [-0.25, -0.2) is 4.98 Å². The molecule has 0 unspecified atom stereocenters. The molecule has 15 heteroatoms. The smallest absolute Gasteiger partial charge is 0.251 e. The first kappa shape index (κ1) is 48.4. The highest BCUT2D eigenvalue weighted by Gasteiger charge is 2.13. The second-order valence-electron chi connectivity index (χ2n) is 11.0. The predicted molar refractivity (Wildman–Crippen MR) is 254 cm³/mol. The normalized spacial score (nSPS) is 9.95. The van der Waals surface area contributed by atoms with Crippen LogP contribution in [0.25, 0.3) is 10.8 Å². The Morgan fingerprint density at radius 3 is 1.95 bits per heavy atom. The number of pyridine rings is 1. The minimum Gasteiger partial charge on any atom is -0.383 e. The zero-order chi connectivity index (χ0) is 44.9. The molecule has 0 spiro atoms. The van der Waals surface area contributed by atoms with Gasteiger partial charge in [-0.05, 0) is 149 Å². The van der Waals surface area contributed by atoms with E-state index in [9.17, 15) is 14.8 Å². The number of nitrogen functional groups attached to an aromatic ring is 1. The minimum absolute atomic E-state index is 0. The standard InChI is InChI=1S/C24H26N4O3.C23H4.H3N5O3.10H2/c25-23-22-8-2-17(15-19(22)9-10-26-23)1-7-21(29)16-27-24(30)18-3-5-20(6-4-18)28-11-13-31-14-12-28;1-3-5-7-9-11-13-15-17-19-21-23-22-20-18-16-14-12-10-8-6-4-2;1-2-3-4-5(6)8-7;;;;;;;;;;/h2-6,8-10,15H,1,7,11-14,16H2,(H2,25,26)(H,27,30);1H,2H3;7H,(H2,1,3);10*1H. The number of ether oxygens (including phenoxy) is 1. The monoisotopic (exact) mass is 839 g/mol. The summed E-state index contributed by atoms with van der Waals surface area (Å²) in [4.78, 5) is 33.9. The van der Waals surface area contributed by atoms with Crippen molar-refractivity contribution in [1.82, 2.24) is 10.3 Å². The van der Waals surface area contributed by atoms with E-state index in [1.54, 1.807) is 25.3 Å². The first-order valence-electron chi connectivity index (χ1n) is 17.7. The maximum Gasteiger partial charge on any atom is 0.251 e. The number of hydrogen-bond donors (Lipinski definition) is 4. The SMILES string of the molecule is C#CC#CC#CC#CC#CC#CC#CC#CC#CC#CC#CC.NN=NN=[N+]([O-])OO.Nc1nccc2cc(CCC(=O)CNC(=O)c3ccc(N4CCOCC4)cc3)ccc12.[HH].[HH].[HH].[HH].[HH].[HH].[HH].[HH].[HH].[HH]. The molecule has 1 aliphatic rings. The Labute approximate surface area is 374 Å². The Kier molecular flexibility index (Phi) is 24.5. The van der Waals surface area contributed by atoms with E-state index in [2.05, 4.69) is 166 Å². The molecular weight excluding hydrogens is 787 g/mol. The number of Topliss-reactive ketones (excluding diaryl/α,β-unsaturated/α-hetero) is 1. The maximum atomic E-state index is 12.4. The topological polar surface area (TPSA) is 216 Å². The highest BCUT2D eigenvalue weighted by Crippen LogP contribution is 2.21. The van der Waals surface area contributed by atoms with Crippen LogP contribution in [-0.4, -0.2) is 59.8 Å². The second kappa shape index (κ2) is 31.4. The van der Waals surface area contributed by atoms with Crippen LogP contribution >= 0.6 is 0 Å². The van der Waals surface area contributed by atoms with Crippen molar-refractivity contribution in [2.45, 2.75) is 19.8 Å². The van der Waals surface area contributed by atoms with E-state index >= 15 is 0 Å². The van der Waals surface area contributed by atoms with Crippen molar-refractivity contribution in [3.63, 3.8) is 0 Å². The largest absolute Gasteiger partial charge is 0.383 e. The van der Waals surface area contributed by atoms with Gasteiger partial charge in [0.2, 0.25) is 10.4 Å². The molecule has 1 fully saturated rings. The lowest BCUT2D eigenvalue weighted by Crippen LogP contribution is -2.36. The molecule has 1 saturated heterocycles. The van der Waals surface area contributed by atoms with Crippen molar-refractivity contribution in [2.24, 2.45) is 21.5 Å². The molecule has 0 aliphatic carbocycles. The van der Waals surface area contributed by atoms with E-state index in [0.29, 0.717) is 24.2 Å². The van der Waals surface area contributed by atoms with Gasteiger partial charge in [0.15, 0.2) is 5.78 Å². The number of rotatable bonds is 9. The van der Waals surface area contributed by atoms with Gasteiger partial charge in [-0.2, -0.15) is 0 Å². The first-order chi connectivity index (χ1) is 30.3. The number of fused-ring (bicyclic) bond motifs is 1. The molecule has 0 radical (unpaired) electrons. The molecule has 0 atom stereocenters. The highest BCUT2D eigenvalue weighted by atomic mass is 17.2. The summed E-state index contributed by atoms with van der Waals surface area (Å²) in [5.74, 6) is 56.5. The quantitative estimate of drug-likeness (QED) is 0.0716. The van der Waals surface area contributed by atoms with E-state index in [0.717, 1.165) is 48.3 Å². The third-order valence-electron chi connectivity index (χ3n) is 7.06. The molecule has 0 bridgehead atoms. The average Bonchev–Trinajstić information content (AvgIpc) is 3.30. The molecule has 1 aliphatic heterocycles. The molecule has 2 aromatic carbocycles. The van der Waals surface area contributed by atoms with Crippen molar-refractivity contribution < 1.29 is 43.9 Å². The fraction of sp³-hybridized carbons (Fsp3) is 0.170. The lowest BCUT2D eigenvalue weighted by Gasteiger charge is -2.28. The molecule has 2 heterocycles. The number of carbonyl (C=O) groups is 2. The van der Waals surface area contributed by atoms with Gasteiger partial charge in [0.05, 0.1) is 30.0 Å². The zero-order valence-electron chi connectivity index (χ0n) is 33.0. The Morgan fingerprint density at radius 2 is 1.44 bits per heavy atom. The summed E-state index contributed by atoms with van der Waals surface area (Å²) in [6.07, 6.45) is 7.56. The average molecular weight is 840 g/mol. The predicted octanol–water partition coefficient (Wildman–Crippen LogP) is 5.31. The lowest BCUT2D eigenvalue weighted by molar-refractivity contribution is -0.873. The number of nitrogens with zero attached hydrogens (tertiary/aromatic N) is 6. The maximum absolute atomic E-state index is 12.4. The summed E-state index contributed by atoms with van der Waals surface area (Å²) < 4.78 is 5.36. The van der Waals surface area contributed by atoms with Crippen LogP contribution in [0.1, 0.15) is 43.5 Å². The van der Waals surface area contributed by atoms with Crippen LogP contribution < -0.4 is 21.8 Å². The zero-order valence-corrected chi connectivity index (χ0v) is 33.0. The number of aromatic nitrogens is 1. The summed E-state index contributed by atoms with van der Waals surface area (Å²) in [7, 11) is 0. The van der Waals surface area contributed by atoms with Crippen molar-refractivity contribution in [3.8, 4) is 131 Å². The van der Waals surface area contributed by atoms with E-state index in [-0.39, 0.29) is 32.5 Å². The van der Waals surface area contributed by atoms with Crippen LogP contribution in [0.2, 0.25) is 0 Å². The molecule has 3 aromatic rings. The molecule has 15 nitrogen and oxygen atoms in total. The summed E-state index contributed by atoms with van der Waals surface area (Å²) in [5.41, 5.74) is 8.55. The minimum atomic E-state index is -0.573. The van der Waals surface area contributed by atoms with Gasteiger partial charge in [-0.3, -0.25) is 20.7 Å². The van der Waals surface area contributed by atoms with Crippen molar-refractivity contribution >= 4 is 34.0 Å². The van der Waals surface area contributed by atoms with Crippen molar-refractivity contribution in [3.05, 3.63) is 71.1 Å². The van der Waals surface area contributed by atoms with Gasteiger partial charge in [-0.1, -0.05) is 24.1 Å². The molecule has 1 amide bonds. The van der Waals surface area contributed by atoms with E-state index in [1.165, 1.54) is 0 Å². The fourth-order valence-electron chi connectivity index (χ4n) is 4.41. The van der Waals surface area contributed by atoms with Crippen LogP contribution in [0.4, 0.5) is 11.5 Å². The fourth-order valence-corrected chi connectivity index (χ4v) is 4.41. The van der Waals surface area contributed by atoms with Gasteiger partial charge >= 0.3 is 0 Å². The Hall–Kier alpha value is -9.73. The summed E-state index contributed by atoms with van der Waals surface area (Å²) in [5, 5.41) is 28.8. The van der Waals surface area contributed by atoms with E-state index < -0.39 is 5.02 Å². The third-order valence-corrected chi connectivity index (χ3v) is 7.06. The number of benzene rings is 2. The number of ketones is 1. The summed E-state index contributed by atoms with van der Waals surface area (Å²) >= 11 is 0. The number of terminal acetylenes is 1. The van der Waals surface area contributed by atoms with Crippen LogP contribution in [0, 0.1) is 136 Å². The Balaban J connectivity index is -0.000000125. The molecule has 0 saturated carbocycles. The van der Waals surface area contributed by atoms with Gasteiger partial charge in [0, 0.05) is 80.3 Å². The number of anilines is 2. The van der Waals surface area contributed by atoms with Crippen LogP contribution in [0.15, 0.2) is 70.4 Å². The summed E-state index contributed by atoms with van der Waals surface area (Å²) in [6, 6.07) is 15.3. The Morgan fingerprint density at radius 1 is 0.887 bits per heavy atom. The first-order valence-corrected chi connectivity index (χ1v) is 17.7. The lowest BCUT2D eigenvalue weighted by atomic mass is 10.0. The number of carbonyl (C=O) groups excluding carboxylic acids is 2. The van der Waals surface area contributed by atoms with E-state index in [1.807, 2.05) is 36.4 Å². The molecule has 1 aromatic heterocycles. The third kappa shape index (κ3) is 21.5. The van der Waals surface area contributed by atoms with Crippen molar-refractivity contribution in [2.75, 3.05) is 43.5 Å². The van der Waals surface area contributed by atoms with E-state index in [4.69, 9.17) is 22.2 Å². The number of morpholine rings is 1. The molecule has 4 rings (SSSR count). The number of nitrogens with two attached hydrogens (primary N) is 2. The highest BCUT2D eigenvalue weighted by molar-refractivity contribution is 5.97. The molecule has 62 heavy (non-hydrogen) atoms. The van der Waals surface area contributed by atoms with Gasteiger partial charge in [-0.15, -0.1) is 6.42 Å². The van der Waals surface area contributed by atoms with Gasteiger partial charge in [0.25, 0.3) is 5.91 Å². The van der Waals surface area contributed by atoms with Crippen molar-refractivity contribution in [1.29, 1.82) is 0 Å². The molecule has 322 valence electrons. The van der Waals surface area contributed by atoms with Gasteiger partial charge < -0.3 is 30.9 Å². The molecule has 6 N–H and O–H groups in total. The second-order valence-corrected chi connectivity index (χ2v) is 11.0. The van der Waals surface area contributed by atoms with Crippen LogP contribution in [-0.2, 0) is 20.9 Å². The number of nitrogens with one attached hydrogen (secondary N) is 1. The van der Waals surface area contributed by atoms with Gasteiger partial charge in [0.1, 0.15) is 5.82 Å².